The molecule has 92 valence electrons. The molecule has 0 atom stereocenters. The number of hydrogen-bond donors (Lipinski definition) is 0. The molecular formula is C14H20N2O. The Morgan fingerprint density at radius 2 is 2.12 bits per heavy atom. The lowest BCUT2D eigenvalue weighted by atomic mass is 9.89. The SMILES string of the molecule is CC(=O)c1c(C=CC2CCCCC2)cnn1C. The number of ketones is 1. The van der Waals surface area contributed by atoms with Crippen molar-refractivity contribution in [2.75, 3.05) is 0 Å². The molecule has 0 aliphatic heterocycles. The van der Waals surface area contributed by atoms with Gasteiger partial charge in [-0.25, -0.2) is 0 Å². The average Bonchev–Trinajstić information content (AvgIpc) is 2.69. The number of Topliss-reactive ketones (excluding diaryl/α,β-unsaturated/α-hetero) is 1. The van der Waals surface area contributed by atoms with E-state index in [1.807, 2.05) is 7.05 Å². The molecule has 1 aliphatic carbocycles. The van der Waals surface area contributed by atoms with Crippen molar-refractivity contribution in [3.8, 4) is 0 Å². The highest BCUT2D eigenvalue weighted by Crippen LogP contribution is 2.25. The van der Waals surface area contributed by atoms with Crippen LogP contribution in [0.5, 0.6) is 0 Å². The zero-order valence-corrected chi connectivity index (χ0v) is 10.6. The number of carbonyl (C=O) groups excluding carboxylic acids is 1. The Hall–Kier alpha value is -1.38. The number of carbonyl (C=O) groups is 1. The van der Waals surface area contributed by atoms with Crippen molar-refractivity contribution in [3.05, 3.63) is 23.5 Å². The van der Waals surface area contributed by atoms with Crippen LogP contribution in [0.4, 0.5) is 0 Å². The van der Waals surface area contributed by atoms with E-state index >= 15 is 0 Å². The average molecular weight is 232 g/mol. The van der Waals surface area contributed by atoms with Crippen molar-refractivity contribution in [3.63, 3.8) is 0 Å². The molecule has 0 amide bonds. The summed E-state index contributed by atoms with van der Waals surface area (Å²) in [5.74, 6) is 0.761. The van der Waals surface area contributed by atoms with Gasteiger partial charge >= 0.3 is 0 Å². The van der Waals surface area contributed by atoms with Crippen molar-refractivity contribution in [1.82, 2.24) is 9.78 Å². The van der Waals surface area contributed by atoms with Gasteiger partial charge in [0.05, 0.1) is 6.20 Å². The van der Waals surface area contributed by atoms with Crippen molar-refractivity contribution in [2.45, 2.75) is 39.0 Å². The lowest BCUT2D eigenvalue weighted by molar-refractivity contribution is 0.100. The number of aromatic nitrogens is 2. The fourth-order valence-corrected chi connectivity index (χ4v) is 2.57. The van der Waals surface area contributed by atoms with Crippen LogP contribution in [0.15, 0.2) is 12.3 Å². The third kappa shape index (κ3) is 2.84. The minimum atomic E-state index is 0.0771. The molecular weight excluding hydrogens is 212 g/mol. The van der Waals surface area contributed by atoms with Crippen LogP contribution in [-0.4, -0.2) is 15.6 Å². The molecule has 0 N–H and O–H groups in total. The molecule has 1 heterocycles. The van der Waals surface area contributed by atoms with E-state index in [0.29, 0.717) is 11.6 Å². The van der Waals surface area contributed by atoms with Gasteiger partial charge in [-0.15, -0.1) is 0 Å². The van der Waals surface area contributed by atoms with E-state index in [4.69, 9.17) is 0 Å². The summed E-state index contributed by atoms with van der Waals surface area (Å²) in [4.78, 5) is 11.5. The summed E-state index contributed by atoms with van der Waals surface area (Å²) >= 11 is 0. The fraction of sp³-hybridized carbons (Fsp3) is 0.571. The van der Waals surface area contributed by atoms with Gasteiger partial charge in [-0.05, 0) is 18.8 Å². The molecule has 0 bridgehead atoms. The highest BCUT2D eigenvalue weighted by Gasteiger charge is 2.13. The van der Waals surface area contributed by atoms with Gasteiger partial charge in [0, 0.05) is 19.5 Å². The second-order valence-corrected chi connectivity index (χ2v) is 4.89. The van der Waals surface area contributed by atoms with Crippen LogP contribution >= 0.6 is 0 Å². The molecule has 0 aromatic carbocycles. The largest absolute Gasteiger partial charge is 0.293 e. The Morgan fingerprint density at radius 3 is 2.76 bits per heavy atom. The highest BCUT2D eigenvalue weighted by molar-refractivity contribution is 5.95. The van der Waals surface area contributed by atoms with Crippen molar-refractivity contribution in [2.24, 2.45) is 13.0 Å². The summed E-state index contributed by atoms with van der Waals surface area (Å²) in [5, 5.41) is 4.15. The van der Waals surface area contributed by atoms with E-state index in [0.717, 1.165) is 5.56 Å². The van der Waals surface area contributed by atoms with Gasteiger partial charge in [0.1, 0.15) is 5.69 Å². The van der Waals surface area contributed by atoms with E-state index in [2.05, 4.69) is 17.3 Å². The topological polar surface area (TPSA) is 34.9 Å². The number of nitrogens with zero attached hydrogens (tertiary/aromatic N) is 2. The quantitative estimate of drug-likeness (QED) is 0.750. The summed E-state index contributed by atoms with van der Waals surface area (Å²) in [5.41, 5.74) is 1.66. The number of rotatable bonds is 3. The predicted octanol–water partition coefficient (Wildman–Crippen LogP) is 3.22. The molecule has 0 unspecified atom stereocenters. The fourth-order valence-electron chi connectivity index (χ4n) is 2.57. The lowest BCUT2D eigenvalue weighted by Gasteiger charge is -2.17. The molecule has 1 aromatic heterocycles. The van der Waals surface area contributed by atoms with Crippen LogP contribution in [0.1, 0.15) is 55.1 Å². The van der Waals surface area contributed by atoms with Crippen LogP contribution in [-0.2, 0) is 7.05 Å². The Kier molecular flexibility index (Phi) is 3.77. The van der Waals surface area contributed by atoms with Gasteiger partial charge in [0.25, 0.3) is 0 Å². The first-order chi connectivity index (χ1) is 8.18. The number of hydrogen-bond acceptors (Lipinski definition) is 2. The highest BCUT2D eigenvalue weighted by atomic mass is 16.1. The zero-order chi connectivity index (χ0) is 12.3. The maximum absolute atomic E-state index is 11.5. The summed E-state index contributed by atoms with van der Waals surface area (Å²) in [6, 6.07) is 0. The standard InChI is InChI=1S/C14H20N2O/c1-11(17)14-13(10-15-16(14)2)9-8-12-6-4-3-5-7-12/h8-10,12H,3-7H2,1-2H3. The number of aryl methyl sites for hydroxylation is 1. The normalized spacial score (nSPS) is 17.8. The first-order valence-electron chi connectivity index (χ1n) is 6.39. The smallest absolute Gasteiger partial charge is 0.178 e. The molecule has 3 nitrogen and oxygen atoms in total. The maximum Gasteiger partial charge on any atom is 0.178 e. The Balaban J connectivity index is 2.12. The van der Waals surface area contributed by atoms with Crippen LogP contribution < -0.4 is 0 Å². The van der Waals surface area contributed by atoms with E-state index < -0.39 is 0 Å². The molecule has 1 saturated carbocycles. The van der Waals surface area contributed by atoms with E-state index in [1.165, 1.54) is 32.1 Å². The first kappa shape index (κ1) is 12.1. The van der Waals surface area contributed by atoms with E-state index in [9.17, 15) is 4.79 Å². The predicted molar refractivity (Wildman–Crippen MR) is 68.8 cm³/mol. The summed E-state index contributed by atoms with van der Waals surface area (Å²) in [7, 11) is 1.81. The second kappa shape index (κ2) is 5.30. The third-order valence-electron chi connectivity index (χ3n) is 3.50. The van der Waals surface area contributed by atoms with Gasteiger partial charge in [-0.3, -0.25) is 9.48 Å². The molecule has 1 fully saturated rings. The summed E-state index contributed by atoms with van der Waals surface area (Å²) in [6.45, 7) is 1.59. The zero-order valence-electron chi connectivity index (χ0n) is 10.6. The van der Waals surface area contributed by atoms with Crippen molar-refractivity contribution >= 4 is 11.9 Å². The Labute approximate surface area is 103 Å². The van der Waals surface area contributed by atoms with Gasteiger partial charge in [-0.1, -0.05) is 31.4 Å². The molecule has 0 saturated heterocycles. The van der Waals surface area contributed by atoms with Gasteiger partial charge in [0.2, 0.25) is 0 Å². The van der Waals surface area contributed by atoms with Crippen LogP contribution in [0.2, 0.25) is 0 Å². The Morgan fingerprint density at radius 1 is 1.41 bits per heavy atom. The maximum atomic E-state index is 11.5. The van der Waals surface area contributed by atoms with Crippen molar-refractivity contribution in [1.29, 1.82) is 0 Å². The van der Waals surface area contributed by atoms with Crippen LogP contribution in [0.25, 0.3) is 6.08 Å². The number of allylic oxidation sites excluding steroid dienone is 1. The van der Waals surface area contributed by atoms with E-state index in [1.54, 1.807) is 17.8 Å². The summed E-state index contributed by atoms with van der Waals surface area (Å²) < 4.78 is 1.66. The summed E-state index contributed by atoms with van der Waals surface area (Å²) in [6.07, 6.45) is 12.7. The third-order valence-corrected chi connectivity index (χ3v) is 3.50. The Bertz CT molecular complexity index is 425. The molecule has 2 rings (SSSR count). The molecule has 3 heteroatoms. The lowest BCUT2D eigenvalue weighted by Crippen LogP contribution is -2.05. The molecule has 1 aliphatic rings. The van der Waals surface area contributed by atoms with Gasteiger partial charge < -0.3 is 0 Å². The molecule has 17 heavy (non-hydrogen) atoms. The minimum absolute atomic E-state index is 0.0771. The second-order valence-electron chi connectivity index (χ2n) is 4.89. The minimum Gasteiger partial charge on any atom is -0.293 e. The first-order valence-corrected chi connectivity index (χ1v) is 6.39. The molecule has 1 aromatic rings. The van der Waals surface area contributed by atoms with Crippen LogP contribution in [0.3, 0.4) is 0 Å². The molecule has 0 spiro atoms. The van der Waals surface area contributed by atoms with Crippen molar-refractivity contribution < 1.29 is 4.79 Å². The monoisotopic (exact) mass is 232 g/mol. The molecule has 0 radical (unpaired) electrons. The van der Waals surface area contributed by atoms with Gasteiger partial charge in [-0.2, -0.15) is 5.10 Å². The van der Waals surface area contributed by atoms with E-state index in [-0.39, 0.29) is 5.78 Å². The van der Waals surface area contributed by atoms with Crippen LogP contribution in [0, 0.1) is 5.92 Å². The van der Waals surface area contributed by atoms with Gasteiger partial charge in [0.15, 0.2) is 5.78 Å².